The molecule has 1 aliphatic rings. The van der Waals surface area contributed by atoms with E-state index in [9.17, 15) is 4.79 Å². The molecule has 1 saturated carbocycles. The minimum Gasteiger partial charge on any atom is -0.297 e. The van der Waals surface area contributed by atoms with Gasteiger partial charge >= 0.3 is 0 Å². The van der Waals surface area contributed by atoms with Gasteiger partial charge in [0.05, 0.1) is 12.2 Å². The standard InChI is InChI=1S/C16H18N2OS/c19-16(13-4-1-2-5-13)12-18-10-9-14(17-18)7-8-15-6-3-11-20-15/h3,6-11,13H,1-2,4-5,12H2. The molecule has 3 rings (SSSR count). The van der Waals surface area contributed by atoms with Crippen LogP contribution in [-0.4, -0.2) is 15.6 Å². The summed E-state index contributed by atoms with van der Waals surface area (Å²) in [5, 5.41) is 6.49. The van der Waals surface area contributed by atoms with Crippen LogP contribution in [0.1, 0.15) is 36.3 Å². The highest BCUT2D eigenvalue weighted by Gasteiger charge is 2.22. The highest BCUT2D eigenvalue weighted by atomic mass is 32.1. The Balaban J connectivity index is 1.60. The van der Waals surface area contributed by atoms with Crippen LogP contribution in [0, 0.1) is 5.92 Å². The van der Waals surface area contributed by atoms with Gasteiger partial charge in [-0.2, -0.15) is 5.10 Å². The average molecular weight is 286 g/mol. The molecule has 0 saturated heterocycles. The molecule has 2 aromatic heterocycles. The summed E-state index contributed by atoms with van der Waals surface area (Å²) in [6.45, 7) is 0.414. The van der Waals surface area contributed by atoms with Crippen molar-refractivity contribution < 1.29 is 4.79 Å². The lowest BCUT2D eigenvalue weighted by molar-refractivity contribution is -0.123. The molecule has 0 spiro atoms. The van der Waals surface area contributed by atoms with Crippen molar-refractivity contribution in [3.63, 3.8) is 0 Å². The van der Waals surface area contributed by atoms with Gasteiger partial charge in [0.15, 0.2) is 5.78 Å². The molecule has 0 amide bonds. The topological polar surface area (TPSA) is 34.9 Å². The summed E-state index contributed by atoms with van der Waals surface area (Å²) < 4.78 is 1.76. The smallest absolute Gasteiger partial charge is 0.157 e. The number of ketones is 1. The molecule has 0 aromatic carbocycles. The second-order valence-corrected chi connectivity index (χ2v) is 6.21. The first-order valence-corrected chi connectivity index (χ1v) is 7.97. The molecule has 0 atom stereocenters. The molecule has 0 radical (unpaired) electrons. The van der Waals surface area contributed by atoms with E-state index < -0.39 is 0 Å². The van der Waals surface area contributed by atoms with E-state index in [-0.39, 0.29) is 5.92 Å². The summed E-state index contributed by atoms with van der Waals surface area (Å²) >= 11 is 1.70. The third kappa shape index (κ3) is 3.25. The van der Waals surface area contributed by atoms with E-state index in [2.05, 4.69) is 22.6 Å². The number of aromatic nitrogens is 2. The van der Waals surface area contributed by atoms with Crippen molar-refractivity contribution in [3.8, 4) is 0 Å². The van der Waals surface area contributed by atoms with Crippen molar-refractivity contribution in [1.29, 1.82) is 0 Å². The molecule has 0 bridgehead atoms. The second-order valence-electron chi connectivity index (χ2n) is 5.23. The summed E-state index contributed by atoms with van der Waals surface area (Å²) in [6.07, 6.45) is 10.4. The van der Waals surface area contributed by atoms with Gasteiger partial charge in [0, 0.05) is 17.0 Å². The molecule has 2 heterocycles. The van der Waals surface area contributed by atoms with Crippen molar-refractivity contribution in [2.75, 3.05) is 0 Å². The molecular weight excluding hydrogens is 268 g/mol. The number of carbonyl (C=O) groups is 1. The van der Waals surface area contributed by atoms with E-state index in [0.29, 0.717) is 12.3 Å². The number of nitrogens with zero attached hydrogens (tertiary/aromatic N) is 2. The highest BCUT2D eigenvalue weighted by molar-refractivity contribution is 7.10. The summed E-state index contributed by atoms with van der Waals surface area (Å²) in [5.41, 5.74) is 0.901. The summed E-state index contributed by atoms with van der Waals surface area (Å²) in [4.78, 5) is 13.3. The predicted molar refractivity (Wildman–Crippen MR) is 82.4 cm³/mol. The van der Waals surface area contributed by atoms with Crippen LogP contribution in [0.3, 0.4) is 0 Å². The molecule has 104 valence electrons. The number of hydrogen-bond acceptors (Lipinski definition) is 3. The van der Waals surface area contributed by atoms with Crippen LogP contribution in [0.5, 0.6) is 0 Å². The molecule has 0 aliphatic heterocycles. The summed E-state index contributed by atoms with van der Waals surface area (Å²) in [5.74, 6) is 0.601. The van der Waals surface area contributed by atoms with E-state index in [4.69, 9.17) is 0 Å². The number of rotatable bonds is 5. The first-order chi connectivity index (χ1) is 9.81. The maximum absolute atomic E-state index is 12.1. The molecule has 2 aromatic rings. The lowest BCUT2D eigenvalue weighted by Gasteiger charge is -2.07. The van der Waals surface area contributed by atoms with Crippen molar-refractivity contribution in [2.24, 2.45) is 5.92 Å². The van der Waals surface area contributed by atoms with Crippen LogP contribution in [0.2, 0.25) is 0 Å². The Kier molecular flexibility index (Phi) is 4.11. The molecule has 0 unspecified atom stereocenters. The van der Waals surface area contributed by atoms with Crippen LogP contribution >= 0.6 is 11.3 Å². The van der Waals surface area contributed by atoms with Crippen molar-refractivity contribution in [3.05, 3.63) is 40.3 Å². The van der Waals surface area contributed by atoms with Gasteiger partial charge in [0.2, 0.25) is 0 Å². The van der Waals surface area contributed by atoms with Crippen LogP contribution < -0.4 is 0 Å². The fourth-order valence-electron chi connectivity index (χ4n) is 2.64. The first kappa shape index (κ1) is 13.3. The minimum atomic E-state index is 0.268. The number of hydrogen-bond donors (Lipinski definition) is 0. The maximum atomic E-state index is 12.1. The average Bonchev–Trinajstić information content (AvgIpc) is 3.19. The normalized spacial score (nSPS) is 16.2. The van der Waals surface area contributed by atoms with E-state index in [1.807, 2.05) is 24.4 Å². The largest absolute Gasteiger partial charge is 0.297 e. The van der Waals surface area contributed by atoms with Crippen molar-refractivity contribution >= 4 is 29.3 Å². The Morgan fingerprint density at radius 1 is 1.35 bits per heavy atom. The van der Waals surface area contributed by atoms with Gasteiger partial charge in [-0.15, -0.1) is 11.3 Å². The Morgan fingerprint density at radius 3 is 2.95 bits per heavy atom. The Hall–Kier alpha value is -1.68. The summed E-state index contributed by atoms with van der Waals surface area (Å²) in [7, 11) is 0. The monoisotopic (exact) mass is 286 g/mol. The van der Waals surface area contributed by atoms with Crippen LogP contribution in [0.4, 0.5) is 0 Å². The van der Waals surface area contributed by atoms with E-state index in [1.165, 1.54) is 17.7 Å². The zero-order chi connectivity index (χ0) is 13.8. The third-order valence-corrected chi connectivity index (χ3v) is 4.59. The fourth-order valence-corrected chi connectivity index (χ4v) is 3.26. The van der Waals surface area contributed by atoms with Crippen molar-refractivity contribution in [2.45, 2.75) is 32.2 Å². The van der Waals surface area contributed by atoms with Gasteiger partial charge in [0.1, 0.15) is 0 Å². The van der Waals surface area contributed by atoms with E-state index in [1.54, 1.807) is 16.0 Å². The Morgan fingerprint density at radius 2 is 2.20 bits per heavy atom. The van der Waals surface area contributed by atoms with Crippen LogP contribution in [0.15, 0.2) is 29.8 Å². The molecule has 1 fully saturated rings. The van der Waals surface area contributed by atoms with Gasteiger partial charge in [-0.25, -0.2) is 0 Å². The maximum Gasteiger partial charge on any atom is 0.157 e. The van der Waals surface area contributed by atoms with Gasteiger partial charge < -0.3 is 0 Å². The minimum absolute atomic E-state index is 0.268. The van der Waals surface area contributed by atoms with Gasteiger partial charge in [-0.05, 0) is 42.5 Å². The lowest BCUT2D eigenvalue weighted by Crippen LogP contribution is -2.18. The SMILES string of the molecule is O=C(Cn1ccc(C=Cc2cccs2)n1)C1CCCC1. The van der Waals surface area contributed by atoms with Gasteiger partial charge in [-0.1, -0.05) is 18.9 Å². The quantitative estimate of drug-likeness (QED) is 0.836. The Labute approximate surface area is 122 Å². The lowest BCUT2D eigenvalue weighted by atomic mass is 10.0. The van der Waals surface area contributed by atoms with Crippen molar-refractivity contribution in [1.82, 2.24) is 9.78 Å². The van der Waals surface area contributed by atoms with Crippen LogP contribution in [0.25, 0.3) is 12.2 Å². The fraction of sp³-hybridized carbons (Fsp3) is 0.375. The summed E-state index contributed by atoms with van der Waals surface area (Å²) in [6, 6.07) is 6.05. The van der Waals surface area contributed by atoms with Gasteiger partial charge in [0.25, 0.3) is 0 Å². The molecule has 3 nitrogen and oxygen atoms in total. The number of Topliss-reactive ketones (excluding diaryl/α,β-unsaturated/α-hetero) is 1. The highest BCUT2D eigenvalue weighted by Crippen LogP contribution is 2.25. The molecule has 1 aliphatic carbocycles. The molecule has 20 heavy (non-hydrogen) atoms. The first-order valence-electron chi connectivity index (χ1n) is 7.09. The number of carbonyl (C=O) groups excluding carboxylic acids is 1. The zero-order valence-electron chi connectivity index (χ0n) is 11.4. The zero-order valence-corrected chi connectivity index (χ0v) is 12.2. The van der Waals surface area contributed by atoms with Gasteiger partial charge in [-0.3, -0.25) is 9.48 Å². The molecule has 0 N–H and O–H groups in total. The Bertz CT molecular complexity index is 592. The number of thiophene rings is 1. The predicted octanol–water partition coefficient (Wildman–Crippen LogP) is 3.87. The van der Waals surface area contributed by atoms with Crippen LogP contribution in [-0.2, 0) is 11.3 Å². The molecule has 4 heteroatoms. The van der Waals surface area contributed by atoms with E-state index in [0.717, 1.165) is 18.5 Å². The van der Waals surface area contributed by atoms with E-state index >= 15 is 0 Å². The molecular formula is C16H18N2OS. The third-order valence-electron chi connectivity index (χ3n) is 3.75. The second kappa shape index (κ2) is 6.18.